The summed E-state index contributed by atoms with van der Waals surface area (Å²) in [5, 5.41) is 8.76. The highest BCUT2D eigenvalue weighted by Crippen LogP contribution is 2.09. The largest absolute Gasteiger partial charge is 0.375 e. The monoisotopic (exact) mass is 573 g/mol. The van der Waals surface area contributed by atoms with Crippen LogP contribution < -0.4 is 16.0 Å². The smallest absolute Gasteiger partial charge is 0.222 e. The van der Waals surface area contributed by atoms with Crippen molar-refractivity contribution in [1.82, 2.24) is 16.0 Å². The quantitative estimate of drug-likeness (QED) is 0.307. The number of hydrogen-bond donors (Lipinski definition) is 3. The first-order valence-corrected chi connectivity index (χ1v) is 14.3. The van der Waals surface area contributed by atoms with E-state index in [-0.39, 0.29) is 56.8 Å². The summed E-state index contributed by atoms with van der Waals surface area (Å²) in [5.74, 6) is -0.894. The van der Waals surface area contributed by atoms with Crippen molar-refractivity contribution in [3.05, 3.63) is 108 Å². The van der Waals surface area contributed by atoms with Gasteiger partial charge in [0.2, 0.25) is 17.7 Å². The molecule has 0 aliphatic carbocycles. The fourth-order valence-corrected chi connectivity index (χ4v) is 4.67. The van der Waals surface area contributed by atoms with Crippen LogP contribution in [-0.2, 0) is 48.4 Å². The van der Waals surface area contributed by atoms with E-state index in [4.69, 9.17) is 14.2 Å². The Morgan fingerprint density at radius 1 is 0.452 bits per heavy atom. The van der Waals surface area contributed by atoms with Crippen molar-refractivity contribution < 1.29 is 28.6 Å². The van der Waals surface area contributed by atoms with Gasteiger partial charge in [-0.25, -0.2) is 0 Å². The average Bonchev–Trinajstić information content (AvgIpc) is 2.98. The summed E-state index contributed by atoms with van der Waals surface area (Å²) in [5.41, 5.74) is 2.99. The highest BCUT2D eigenvalue weighted by molar-refractivity contribution is 5.83. The number of amides is 3. The van der Waals surface area contributed by atoms with E-state index in [1.165, 1.54) is 0 Å². The van der Waals surface area contributed by atoms with Gasteiger partial charge >= 0.3 is 0 Å². The maximum Gasteiger partial charge on any atom is 0.222 e. The second kappa shape index (κ2) is 17.0. The third-order valence-electron chi connectivity index (χ3n) is 6.68. The average molecular weight is 574 g/mol. The van der Waals surface area contributed by atoms with Gasteiger partial charge in [0, 0.05) is 19.3 Å². The van der Waals surface area contributed by atoms with E-state index in [2.05, 4.69) is 16.0 Å². The van der Waals surface area contributed by atoms with E-state index in [1.807, 2.05) is 91.0 Å². The Bertz CT molecular complexity index is 1060. The Hall–Kier alpha value is -4.05. The number of benzene rings is 3. The van der Waals surface area contributed by atoms with Crippen molar-refractivity contribution in [1.29, 1.82) is 0 Å². The Kier molecular flexibility index (Phi) is 12.5. The maximum atomic E-state index is 13.0. The lowest BCUT2D eigenvalue weighted by Gasteiger charge is -2.26. The Balaban J connectivity index is 1.40. The lowest BCUT2D eigenvalue weighted by Crippen LogP contribution is -2.50. The molecule has 1 fully saturated rings. The van der Waals surface area contributed by atoms with Gasteiger partial charge in [-0.05, 0) is 16.7 Å². The van der Waals surface area contributed by atoms with Crippen LogP contribution in [0.2, 0.25) is 0 Å². The van der Waals surface area contributed by atoms with E-state index >= 15 is 0 Å². The van der Waals surface area contributed by atoms with E-state index in [1.54, 1.807) is 0 Å². The van der Waals surface area contributed by atoms with Gasteiger partial charge in [0.1, 0.15) is 0 Å². The van der Waals surface area contributed by atoms with Gasteiger partial charge in [0.15, 0.2) is 0 Å². The van der Waals surface area contributed by atoms with Gasteiger partial charge in [0.05, 0.1) is 57.8 Å². The number of nitrogens with one attached hydrogen (secondary N) is 3. The van der Waals surface area contributed by atoms with Crippen molar-refractivity contribution in [2.24, 2.45) is 0 Å². The van der Waals surface area contributed by atoms with Crippen LogP contribution in [0.1, 0.15) is 36.0 Å². The molecular weight excluding hydrogens is 534 g/mol. The van der Waals surface area contributed by atoms with Crippen molar-refractivity contribution in [3.8, 4) is 0 Å². The van der Waals surface area contributed by atoms with Gasteiger partial charge < -0.3 is 30.2 Å². The fourth-order valence-electron chi connectivity index (χ4n) is 4.67. The zero-order chi connectivity index (χ0) is 29.4. The molecule has 1 saturated heterocycles. The molecule has 9 heteroatoms. The molecule has 0 unspecified atom stereocenters. The number of carbonyl (C=O) groups excluding carboxylic acids is 3. The molecule has 1 heterocycles. The van der Waals surface area contributed by atoms with Crippen molar-refractivity contribution in [2.45, 2.75) is 57.2 Å². The third-order valence-corrected chi connectivity index (χ3v) is 6.68. The molecule has 1 aliphatic rings. The molecule has 3 N–H and O–H groups in total. The Morgan fingerprint density at radius 3 is 0.976 bits per heavy atom. The van der Waals surface area contributed by atoms with Gasteiger partial charge in [-0.15, -0.1) is 0 Å². The molecule has 3 aromatic carbocycles. The van der Waals surface area contributed by atoms with Crippen molar-refractivity contribution in [2.75, 3.05) is 19.8 Å². The lowest BCUT2D eigenvalue weighted by atomic mass is 10.1. The number of carbonyl (C=O) groups is 3. The van der Waals surface area contributed by atoms with Crippen LogP contribution in [0.25, 0.3) is 0 Å². The van der Waals surface area contributed by atoms with Crippen LogP contribution in [0, 0.1) is 0 Å². The summed E-state index contributed by atoms with van der Waals surface area (Å²) in [4.78, 5) is 39.0. The Labute approximate surface area is 246 Å². The molecule has 0 aromatic heterocycles. The van der Waals surface area contributed by atoms with Gasteiger partial charge in [-0.2, -0.15) is 0 Å². The molecule has 1 aliphatic heterocycles. The van der Waals surface area contributed by atoms with Crippen LogP contribution in [0.3, 0.4) is 0 Å². The molecule has 4 rings (SSSR count). The van der Waals surface area contributed by atoms with Gasteiger partial charge in [0.25, 0.3) is 0 Å². The fraction of sp³-hybridized carbons (Fsp3) is 0.364. The standard InChI is InChI=1S/C33H39N3O6/c37-31-16-28(22-40-19-25-10-4-1-5-11-25)34-32(38)17-29(23-41-20-26-12-6-2-7-13-26)36-33(39)18-30(35-31)24-42-21-27-14-8-3-9-15-27/h1-15,28-30H,16-24H2,(H,34,38)(H,35,37)(H,36,39)/t28-,29-,30-/m1/s1. The van der Waals surface area contributed by atoms with Crippen LogP contribution in [0.4, 0.5) is 0 Å². The zero-order valence-corrected chi connectivity index (χ0v) is 23.7. The zero-order valence-electron chi connectivity index (χ0n) is 23.7. The molecule has 42 heavy (non-hydrogen) atoms. The summed E-state index contributed by atoms with van der Waals surface area (Å²) in [6.07, 6.45) is 0.0194. The summed E-state index contributed by atoms with van der Waals surface area (Å²) in [6, 6.07) is 27.4. The van der Waals surface area contributed by atoms with Crippen LogP contribution in [0.5, 0.6) is 0 Å². The van der Waals surface area contributed by atoms with Crippen molar-refractivity contribution in [3.63, 3.8) is 0 Å². The first kappa shape index (κ1) is 30.9. The number of hydrogen-bond acceptors (Lipinski definition) is 6. The first-order chi connectivity index (χ1) is 20.5. The summed E-state index contributed by atoms with van der Waals surface area (Å²) in [6.45, 7) is 1.55. The molecule has 222 valence electrons. The molecule has 0 bridgehead atoms. The van der Waals surface area contributed by atoms with Gasteiger partial charge in [-0.3, -0.25) is 14.4 Å². The minimum absolute atomic E-state index is 0.00646. The second-order valence-electron chi connectivity index (χ2n) is 10.4. The third kappa shape index (κ3) is 11.4. The highest BCUT2D eigenvalue weighted by Gasteiger charge is 2.26. The van der Waals surface area contributed by atoms with E-state index in [0.29, 0.717) is 19.8 Å². The van der Waals surface area contributed by atoms with Crippen molar-refractivity contribution >= 4 is 17.7 Å². The molecule has 9 nitrogen and oxygen atoms in total. The van der Waals surface area contributed by atoms with E-state index in [9.17, 15) is 14.4 Å². The molecule has 3 amide bonds. The second-order valence-corrected chi connectivity index (χ2v) is 10.4. The predicted octanol–water partition coefficient (Wildman–Crippen LogP) is 3.28. The minimum Gasteiger partial charge on any atom is -0.375 e. The number of ether oxygens (including phenoxy) is 3. The lowest BCUT2D eigenvalue weighted by molar-refractivity contribution is -0.128. The van der Waals surface area contributed by atoms with Crippen LogP contribution in [0.15, 0.2) is 91.0 Å². The molecule has 0 radical (unpaired) electrons. The molecule has 3 atom stereocenters. The summed E-state index contributed by atoms with van der Waals surface area (Å²) < 4.78 is 17.6. The van der Waals surface area contributed by atoms with Crippen LogP contribution >= 0.6 is 0 Å². The number of rotatable bonds is 12. The highest BCUT2D eigenvalue weighted by atomic mass is 16.5. The van der Waals surface area contributed by atoms with Gasteiger partial charge in [-0.1, -0.05) is 91.0 Å². The van der Waals surface area contributed by atoms with Crippen LogP contribution in [-0.4, -0.2) is 55.7 Å². The summed E-state index contributed by atoms with van der Waals surface area (Å²) >= 11 is 0. The maximum absolute atomic E-state index is 13.0. The molecular formula is C33H39N3O6. The van der Waals surface area contributed by atoms with E-state index < -0.39 is 18.1 Å². The minimum atomic E-state index is -0.548. The SMILES string of the molecule is O=C1C[C@H](COCc2ccccc2)NC(=O)C[C@H](COCc2ccccc2)NC(=O)C[C@H](COCc2ccccc2)N1. The molecule has 0 saturated carbocycles. The summed E-state index contributed by atoms with van der Waals surface area (Å²) in [7, 11) is 0. The first-order valence-electron chi connectivity index (χ1n) is 14.3. The topological polar surface area (TPSA) is 115 Å². The Morgan fingerprint density at radius 2 is 0.714 bits per heavy atom. The molecule has 0 spiro atoms. The normalized spacial score (nSPS) is 20.0. The molecule has 3 aromatic rings. The predicted molar refractivity (Wildman–Crippen MR) is 158 cm³/mol. The van der Waals surface area contributed by atoms with E-state index in [0.717, 1.165) is 16.7 Å².